The Bertz CT molecular complexity index is 1040. The molecule has 208 valence electrons. The summed E-state index contributed by atoms with van der Waals surface area (Å²) in [6, 6.07) is 7.04. The maximum atomic E-state index is 14.7. The number of hydrogen-bond acceptors (Lipinski definition) is 3. The number of aliphatic hydroxyl groups is 1. The zero-order chi connectivity index (χ0) is 28.2. The van der Waals surface area contributed by atoms with Gasteiger partial charge in [-0.3, -0.25) is 4.90 Å². The lowest BCUT2D eigenvalue weighted by molar-refractivity contribution is -0.289. The molecule has 0 aliphatic carbocycles. The monoisotopic (exact) mass is 569 g/mol. The van der Waals surface area contributed by atoms with Crippen LogP contribution >= 0.6 is 11.6 Å². The van der Waals surface area contributed by atoms with Crippen LogP contribution in [0.2, 0.25) is 5.02 Å². The number of halogens is 11. The van der Waals surface area contributed by atoms with Gasteiger partial charge in [0.25, 0.3) is 5.92 Å². The Morgan fingerprint density at radius 3 is 2.11 bits per heavy atom. The molecule has 0 heterocycles. The van der Waals surface area contributed by atoms with Crippen LogP contribution < -0.4 is 4.74 Å². The van der Waals surface area contributed by atoms with Gasteiger partial charge >= 0.3 is 18.3 Å². The minimum atomic E-state index is -6.05. The largest absolute Gasteiger partial charge is 0.487 e. The standard InChI is InChI=1S/C23H22ClF10NO2/c1-2-14-9-16(7-8-18(14)24)37-13-20(25,26)12-35(11-19(36)22(29,30)31)10-15-5-3-4-6-17(15)21(27,28)23(32,33)34/h3-9,19,36H,2,10-13H2,1H3. The molecule has 0 bridgehead atoms. The van der Waals surface area contributed by atoms with Gasteiger partial charge in [0, 0.05) is 23.7 Å². The minimum absolute atomic E-state index is 0.0297. The molecule has 1 unspecified atom stereocenters. The highest BCUT2D eigenvalue weighted by Crippen LogP contribution is 2.45. The Balaban J connectivity index is 2.31. The van der Waals surface area contributed by atoms with E-state index >= 15 is 0 Å². The lowest BCUT2D eigenvalue weighted by Crippen LogP contribution is -2.47. The molecule has 2 rings (SSSR count). The normalized spacial score (nSPS) is 14.2. The van der Waals surface area contributed by atoms with Crippen LogP contribution in [0.3, 0.4) is 0 Å². The summed E-state index contributed by atoms with van der Waals surface area (Å²) in [5, 5.41) is 9.75. The Labute approximate surface area is 210 Å². The molecule has 14 heteroatoms. The molecule has 37 heavy (non-hydrogen) atoms. The Morgan fingerprint density at radius 2 is 1.54 bits per heavy atom. The van der Waals surface area contributed by atoms with Gasteiger partial charge in [-0.1, -0.05) is 42.8 Å². The van der Waals surface area contributed by atoms with Crippen LogP contribution in [0.25, 0.3) is 0 Å². The number of aliphatic hydroxyl groups excluding tert-OH is 1. The average molecular weight is 570 g/mol. The molecule has 0 fully saturated rings. The van der Waals surface area contributed by atoms with Gasteiger partial charge < -0.3 is 9.84 Å². The van der Waals surface area contributed by atoms with E-state index in [1.54, 1.807) is 6.92 Å². The van der Waals surface area contributed by atoms with Gasteiger partial charge in [0.05, 0.1) is 6.54 Å². The molecule has 2 aromatic carbocycles. The van der Waals surface area contributed by atoms with Crippen molar-refractivity contribution < 1.29 is 53.7 Å². The number of aryl methyl sites for hydroxylation is 1. The maximum absolute atomic E-state index is 14.7. The van der Waals surface area contributed by atoms with Crippen molar-refractivity contribution in [2.75, 3.05) is 19.7 Å². The molecular weight excluding hydrogens is 548 g/mol. The van der Waals surface area contributed by atoms with E-state index in [1.807, 2.05) is 0 Å². The second-order valence-corrected chi connectivity index (χ2v) is 8.61. The van der Waals surface area contributed by atoms with E-state index in [9.17, 15) is 49.0 Å². The summed E-state index contributed by atoms with van der Waals surface area (Å²) in [5.41, 5.74) is -1.89. The van der Waals surface area contributed by atoms with Crippen molar-refractivity contribution in [3.63, 3.8) is 0 Å². The predicted octanol–water partition coefficient (Wildman–Crippen LogP) is 7.00. The van der Waals surface area contributed by atoms with Crippen LogP contribution in [-0.2, 0) is 18.9 Å². The predicted molar refractivity (Wildman–Crippen MR) is 115 cm³/mol. The summed E-state index contributed by atoms with van der Waals surface area (Å²) in [7, 11) is 0. The zero-order valence-corrected chi connectivity index (χ0v) is 19.9. The minimum Gasteiger partial charge on any atom is -0.487 e. The molecule has 1 N–H and O–H groups in total. The average Bonchev–Trinajstić information content (AvgIpc) is 2.77. The van der Waals surface area contributed by atoms with Crippen LogP contribution in [-0.4, -0.2) is 54.1 Å². The van der Waals surface area contributed by atoms with Crippen LogP contribution in [0.4, 0.5) is 43.9 Å². The number of ether oxygens (including phenoxy) is 1. The van der Waals surface area contributed by atoms with Crippen molar-refractivity contribution >= 4 is 11.6 Å². The highest BCUT2D eigenvalue weighted by molar-refractivity contribution is 6.31. The van der Waals surface area contributed by atoms with Crippen LogP contribution in [0.15, 0.2) is 42.5 Å². The van der Waals surface area contributed by atoms with Crippen LogP contribution in [0.1, 0.15) is 23.6 Å². The van der Waals surface area contributed by atoms with Gasteiger partial charge in [0.2, 0.25) is 0 Å². The maximum Gasteiger partial charge on any atom is 0.458 e. The van der Waals surface area contributed by atoms with E-state index in [0.29, 0.717) is 23.1 Å². The third-order valence-corrected chi connectivity index (χ3v) is 5.59. The number of rotatable bonds is 11. The Morgan fingerprint density at radius 1 is 0.919 bits per heavy atom. The van der Waals surface area contributed by atoms with E-state index in [-0.39, 0.29) is 10.6 Å². The molecule has 1 atom stereocenters. The molecule has 2 aromatic rings. The SMILES string of the molecule is CCc1cc(OCC(F)(F)CN(Cc2ccccc2C(F)(F)C(F)(F)F)CC(O)C(F)(F)F)ccc1Cl. The molecule has 0 saturated heterocycles. The molecule has 0 aliphatic heterocycles. The number of benzene rings is 2. The highest BCUT2D eigenvalue weighted by atomic mass is 35.5. The van der Waals surface area contributed by atoms with Crippen molar-refractivity contribution in [1.29, 1.82) is 0 Å². The lowest BCUT2D eigenvalue weighted by Gasteiger charge is -2.31. The first-order chi connectivity index (χ1) is 16.9. The third kappa shape index (κ3) is 8.37. The molecular formula is C23H22ClF10NO2. The second-order valence-electron chi connectivity index (χ2n) is 8.21. The van der Waals surface area contributed by atoms with Crippen LogP contribution in [0.5, 0.6) is 5.75 Å². The zero-order valence-electron chi connectivity index (χ0n) is 19.1. The summed E-state index contributed by atoms with van der Waals surface area (Å²) in [6.07, 6.45) is -14.0. The van der Waals surface area contributed by atoms with E-state index in [4.69, 9.17) is 16.3 Å². The summed E-state index contributed by atoms with van der Waals surface area (Å²) in [4.78, 5) is 0.242. The number of nitrogens with zero attached hydrogens (tertiary/aromatic N) is 1. The van der Waals surface area contributed by atoms with E-state index in [1.165, 1.54) is 18.2 Å². The first-order valence-corrected chi connectivity index (χ1v) is 11.0. The third-order valence-electron chi connectivity index (χ3n) is 5.22. The highest BCUT2D eigenvalue weighted by Gasteiger charge is 2.59. The van der Waals surface area contributed by atoms with Crippen LogP contribution in [0, 0.1) is 0 Å². The van der Waals surface area contributed by atoms with Gasteiger partial charge in [0.15, 0.2) is 12.7 Å². The van der Waals surface area contributed by atoms with Gasteiger partial charge in [0.1, 0.15) is 5.75 Å². The summed E-state index contributed by atoms with van der Waals surface area (Å²) in [5.74, 6) is -9.34. The van der Waals surface area contributed by atoms with E-state index in [2.05, 4.69) is 0 Å². The number of alkyl halides is 10. The molecule has 0 saturated carbocycles. The van der Waals surface area contributed by atoms with Crippen molar-refractivity contribution in [2.24, 2.45) is 0 Å². The summed E-state index contributed by atoms with van der Waals surface area (Å²) < 4.78 is 140. The van der Waals surface area contributed by atoms with Gasteiger partial charge in [-0.2, -0.15) is 35.1 Å². The van der Waals surface area contributed by atoms with Crippen molar-refractivity contribution in [1.82, 2.24) is 4.90 Å². The lowest BCUT2D eigenvalue weighted by atomic mass is 10.00. The quantitative estimate of drug-likeness (QED) is 0.296. The molecule has 0 spiro atoms. The fraction of sp³-hybridized carbons (Fsp3) is 0.478. The smallest absolute Gasteiger partial charge is 0.458 e. The first-order valence-electron chi connectivity index (χ1n) is 10.7. The first kappa shape index (κ1) is 31.0. The summed E-state index contributed by atoms with van der Waals surface area (Å²) in [6.45, 7) is -3.88. The van der Waals surface area contributed by atoms with Gasteiger partial charge in [-0.05, 0) is 35.7 Å². The fourth-order valence-electron chi connectivity index (χ4n) is 3.36. The second kappa shape index (κ2) is 11.6. The van der Waals surface area contributed by atoms with E-state index in [0.717, 1.165) is 18.2 Å². The van der Waals surface area contributed by atoms with Crippen molar-refractivity contribution in [3.8, 4) is 5.75 Å². The Hall–Kier alpha value is -2.25. The number of hydrogen-bond donors (Lipinski definition) is 1. The van der Waals surface area contributed by atoms with Gasteiger partial charge in [-0.25, -0.2) is 8.78 Å². The molecule has 0 amide bonds. The summed E-state index contributed by atoms with van der Waals surface area (Å²) >= 11 is 5.94. The Kier molecular flexibility index (Phi) is 9.75. The van der Waals surface area contributed by atoms with Crippen molar-refractivity contribution in [2.45, 2.75) is 50.2 Å². The topological polar surface area (TPSA) is 32.7 Å². The van der Waals surface area contributed by atoms with Gasteiger partial charge in [-0.15, -0.1) is 0 Å². The molecule has 0 aromatic heterocycles. The molecule has 0 aliphatic rings. The fourth-order valence-corrected chi connectivity index (χ4v) is 3.62. The molecule has 0 radical (unpaired) electrons. The van der Waals surface area contributed by atoms with E-state index < -0.39 is 67.7 Å². The molecule has 3 nitrogen and oxygen atoms in total. The van der Waals surface area contributed by atoms with Crippen molar-refractivity contribution in [3.05, 3.63) is 64.2 Å².